The highest BCUT2D eigenvalue weighted by atomic mass is 16.2. The van der Waals surface area contributed by atoms with E-state index in [9.17, 15) is 4.79 Å². The number of rotatable bonds is 4. The minimum Gasteiger partial charge on any atom is -0.353 e. The number of carbonyl (C=O) groups is 1. The fraction of sp³-hybridized carbons (Fsp3) is 0.562. The van der Waals surface area contributed by atoms with Crippen LogP contribution in [-0.2, 0) is 15.7 Å². The van der Waals surface area contributed by atoms with E-state index < -0.39 is 0 Å². The Morgan fingerprint density at radius 2 is 1.63 bits per heavy atom. The fourth-order valence-electron chi connectivity index (χ4n) is 2.72. The molecule has 102 valence electrons. The number of nitrogens with one attached hydrogen (secondary N) is 1. The van der Waals surface area contributed by atoms with Crippen LogP contribution in [0.25, 0.3) is 0 Å². The predicted octanol–water partition coefficient (Wildman–Crippen LogP) is 2.19. The van der Waals surface area contributed by atoms with Crippen LogP contribution < -0.4 is 11.1 Å². The van der Waals surface area contributed by atoms with Crippen molar-refractivity contribution in [1.82, 2.24) is 5.32 Å². The third-order valence-corrected chi connectivity index (χ3v) is 4.41. The number of nitrogens with two attached hydrogens (primary N) is 1. The summed E-state index contributed by atoms with van der Waals surface area (Å²) in [7, 11) is 0. The highest BCUT2D eigenvalue weighted by Gasteiger charge is 2.51. The molecule has 2 aliphatic carbocycles. The van der Waals surface area contributed by atoms with Gasteiger partial charge in [-0.25, -0.2) is 0 Å². The molecule has 0 atom stereocenters. The molecule has 2 saturated carbocycles. The summed E-state index contributed by atoms with van der Waals surface area (Å²) < 4.78 is 0. The van der Waals surface area contributed by atoms with Gasteiger partial charge in [-0.15, -0.1) is 0 Å². The lowest BCUT2D eigenvalue weighted by atomic mass is 9.92. The molecule has 2 fully saturated rings. The minimum absolute atomic E-state index is 0.0879. The second kappa shape index (κ2) is 4.07. The molecular formula is C16H22N2O. The summed E-state index contributed by atoms with van der Waals surface area (Å²) in [5.41, 5.74) is 8.17. The van der Waals surface area contributed by atoms with Gasteiger partial charge in [0.25, 0.3) is 0 Å². The van der Waals surface area contributed by atoms with Gasteiger partial charge in [0.15, 0.2) is 0 Å². The third kappa shape index (κ3) is 2.16. The molecule has 0 aliphatic heterocycles. The zero-order valence-corrected chi connectivity index (χ0v) is 11.7. The van der Waals surface area contributed by atoms with Crippen molar-refractivity contribution < 1.29 is 4.79 Å². The Balaban J connectivity index is 1.80. The number of hydrogen-bond donors (Lipinski definition) is 2. The Hall–Kier alpha value is -1.35. The summed E-state index contributed by atoms with van der Waals surface area (Å²) in [6.45, 7) is 4.00. The van der Waals surface area contributed by atoms with Crippen LogP contribution in [0.15, 0.2) is 24.3 Å². The Bertz CT molecular complexity index is 496. The van der Waals surface area contributed by atoms with E-state index in [4.69, 9.17) is 5.73 Å². The van der Waals surface area contributed by atoms with Gasteiger partial charge in [-0.3, -0.25) is 4.79 Å². The standard InChI is InChI=1S/C16H22N2O/c1-11(2)18-14(19)15(7-8-15)12-3-5-13(6-4-12)16(17)9-10-16/h3-6,11H,7-10,17H2,1-2H3,(H,18,19). The maximum atomic E-state index is 12.3. The summed E-state index contributed by atoms with van der Waals surface area (Å²) in [5.74, 6) is 0.170. The molecule has 1 aromatic carbocycles. The SMILES string of the molecule is CC(C)NC(=O)C1(c2ccc(C3(N)CC3)cc2)CC1. The van der Waals surface area contributed by atoms with E-state index >= 15 is 0 Å². The van der Waals surface area contributed by atoms with E-state index in [0.29, 0.717) is 0 Å². The molecule has 2 aliphatic rings. The lowest BCUT2D eigenvalue weighted by Crippen LogP contribution is -2.38. The zero-order valence-electron chi connectivity index (χ0n) is 11.7. The summed E-state index contributed by atoms with van der Waals surface area (Å²) in [4.78, 5) is 12.3. The maximum absolute atomic E-state index is 12.3. The molecule has 19 heavy (non-hydrogen) atoms. The van der Waals surface area contributed by atoms with Gasteiger partial charge >= 0.3 is 0 Å². The van der Waals surface area contributed by atoms with E-state index in [0.717, 1.165) is 31.2 Å². The molecule has 3 nitrogen and oxygen atoms in total. The van der Waals surface area contributed by atoms with Crippen molar-refractivity contribution >= 4 is 5.91 Å². The van der Waals surface area contributed by atoms with Crippen LogP contribution in [0.3, 0.4) is 0 Å². The second-order valence-electron chi connectivity index (χ2n) is 6.44. The highest BCUT2D eigenvalue weighted by Crippen LogP contribution is 2.49. The fourth-order valence-corrected chi connectivity index (χ4v) is 2.72. The molecule has 1 aromatic rings. The van der Waals surface area contributed by atoms with E-state index in [2.05, 4.69) is 29.6 Å². The molecule has 0 spiro atoms. The molecule has 0 heterocycles. The Morgan fingerprint density at radius 1 is 1.11 bits per heavy atom. The Kier molecular flexibility index (Phi) is 2.72. The summed E-state index contributed by atoms with van der Waals surface area (Å²) in [5, 5.41) is 3.04. The highest BCUT2D eigenvalue weighted by molar-refractivity contribution is 5.91. The average Bonchev–Trinajstić information content (AvgIpc) is 3.24. The molecule has 1 amide bonds. The Labute approximate surface area is 114 Å². The molecule has 0 aromatic heterocycles. The van der Waals surface area contributed by atoms with Crippen molar-refractivity contribution in [3.05, 3.63) is 35.4 Å². The lowest BCUT2D eigenvalue weighted by Gasteiger charge is -2.19. The van der Waals surface area contributed by atoms with Crippen LogP contribution in [0, 0.1) is 0 Å². The third-order valence-electron chi connectivity index (χ3n) is 4.41. The van der Waals surface area contributed by atoms with E-state index in [1.54, 1.807) is 0 Å². The van der Waals surface area contributed by atoms with Crippen LogP contribution in [0.4, 0.5) is 0 Å². The average molecular weight is 258 g/mol. The van der Waals surface area contributed by atoms with Crippen LogP contribution >= 0.6 is 0 Å². The molecule has 3 N–H and O–H groups in total. The van der Waals surface area contributed by atoms with Crippen molar-refractivity contribution in [2.75, 3.05) is 0 Å². The van der Waals surface area contributed by atoms with E-state index in [1.165, 1.54) is 5.56 Å². The van der Waals surface area contributed by atoms with Gasteiger partial charge < -0.3 is 11.1 Å². The molecule has 3 rings (SSSR count). The van der Waals surface area contributed by atoms with Crippen LogP contribution in [-0.4, -0.2) is 11.9 Å². The molecule has 0 bridgehead atoms. The van der Waals surface area contributed by atoms with Gasteiger partial charge in [0.2, 0.25) is 5.91 Å². The lowest BCUT2D eigenvalue weighted by molar-refractivity contribution is -0.124. The summed E-state index contributed by atoms with van der Waals surface area (Å²) in [6, 6.07) is 8.59. The number of hydrogen-bond acceptors (Lipinski definition) is 2. The Morgan fingerprint density at radius 3 is 2.05 bits per heavy atom. The predicted molar refractivity (Wildman–Crippen MR) is 75.7 cm³/mol. The maximum Gasteiger partial charge on any atom is 0.230 e. The number of benzene rings is 1. The first-order valence-electron chi connectivity index (χ1n) is 7.17. The van der Waals surface area contributed by atoms with Crippen molar-refractivity contribution in [1.29, 1.82) is 0 Å². The zero-order chi connectivity index (χ0) is 13.7. The first-order chi connectivity index (χ1) is 8.96. The molecule has 0 unspecified atom stereocenters. The smallest absolute Gasteiger partial charge is 0.230 e. The molecule has 0 saturated heterocycles. The molecule has 0 radical (unpaired) electrons. The number of amides is 1. The first-order valence-corrected chi connectivity index (χ1v) is 7.17. The second-order valence-corrected chi connectivity index (χ2v) is 6.44. The van der Waals surface area contributed by atoms with E-state index in [1.807, 2.05) is 13.8 Å². The summed E-state index contributed by atoms with van der Waals surface area (Å²) in [6.07, 6.45) is 4.06. The van der Waals surface area contributed by atoms with Crippen molar-refractivity contribution in [3.63, 3.8) is 0 Å². The quantitative estimate of drug-likeness (QED) is 0.870. The van der Waals surface area contributed by atoms with Gasteiger partial charge in [0.05, 0.1) is 5.41 Å². The van der Waals surface area contributed by atoms with E-state index in [-0.39, 0.29) is 22.9 Å². The van der Waals surface area contributed by atoms with Gasteiger partial charge in [0, 0.05) is 11.6 Å². The number of carbonyl (C=O) groups excluding carboxylic acids is 1. The summed E-state index contributed by atoms with van der Waals surface area (Å²) >= 11 is 0. The normalized spacial score (nSPS) is 22.1. The molecule has 3 heteroatoms. The van der Waals surface area contributed by atoms with Gasteiger partial charge in [-0.05, 0) is 50.7 Å². The minimum atomic E-state index is -0.270. The van der Waals surface area contributed by atoms with Crippen molar-refractivity contribution in [2.24, 2.45) is 5.73 Å². The molecular weight excluding hydrogens is 236 g/mol. The van der Waals surface area contributed by atoms with Gasteiger partial charge in [-0.2, -0.15) is 0 Å². The van der Waals surface area contributed by atoms with Crippen molar-refractivity contribution in [3.8, 4) is 0 Å². The van der Waals surface area contributed by atoms with Gasteiger partial charge in [-0.1, -0.05) is 24.3 Å². The van der Waals surface area contributed by atoms with Crippen LogP contribution in [0.1, 0.15) is 50.7 Å². The monoisotopic (exact) mass is 258 g/mol. The first kappa shape index (κ1) is 12.7. The van der Waals surface area contributed by atoms with Crippen molar-refractivity contribution in [2.45, 2.75) is 56.5 Å². The van der Waals surface area contributed by atoms with Gasteiger partial charge in [0.1, 0.15) is 0 Å². The van der Waals surface area contributed by atoms with Crippen LogP contribution in [0.5, 0.6) is 0 Å². The van der Waals surface area contributed by atoms with Crippen LogP contribution in [0.2, 0.25) is 0 Å². The topological polar surface area (TPSA) is 55.1 Å². The largest absolute Gasteiger partial charge is 0.353 e.